The minimum absolute atomic E-state index is 0.0317. The van der Waals surface area contributed by atoms with Crippen molar-refractivity contribution >= 4 is 23.6 Å². The van der Waals surface area contributed by atoms with Crippen molar-refractivity contribution in [3.8, 4) is 5.75 Å². The first-order chi connectivity index (χ1) is 14.5. The van der Waals surface area contributed by atoms with E-state index in [1.807, 2.05) is 35.9 Å². The number of amides is 2. The summed E-state index contributed by atoms with van der Waals surface area (Å²) in [5.74, 6) is 1.66. The van der Waals surface area contributed by atoms with Crippen LogP contribution < -0.4 is 15.4 Å². The Kier molecular flexibility index (Phi) is 8.12. The Morgan fingerprint density at radius 1 is 1.13 bits per heavy atom. The molecule has 0 unspecified atom stereocenters. The molecule has 1 aromatic carbocycles. The van der Waals surface area contributed by atoms with Crippen molar-refractivity contribution in [2.24, 2.45) is 7.05 Å². The fourth-order valence-electron chi connectivity index (χ4n) is 3.44. The van der Waals surface area contributed by atoms with Gasteiger partial charge in [0.25, 0.3) is 0 Å². The molecule has 2 aromatic rings. The number of carbonyl (C=O) groups excluding carboxylic acids is 2. The average molecular weight is 432 g/mol. The van der Waals surface area contributed by atoms with Gasteiger partial charge in [0, 0.05) is 13.1 Å². The smallest absolute Gasteiger partial charge is 0.230 e. The maximum atomic E-state index is 12.2. The summed E-state index contributed by atoms with van der Waals surface area (Å²) in [5.41, 5.74) is 0.909. The fraction of sp³-hybridized carbons (Fsp3) is 0.524. The van der Waals surface area contributed by atoms with Crippen molar-refractivity contribution in [1.29, 1.82) is 0 Å². The summed E-state index contributed by atoms with van der Waals surface area (Å²) < 4.78 is 6.93. The Labute approximate surface area is 181 Å². The van der Waals surface area contributed by atoms with E-state index in [2.05, 4.69) is 20.8 Å². The third-order valence-corrected chi connectivity index (χ3v) is 6.22. The Bertz CT molecular complexity index is 847. The minimum atomic E-state index is -0.0933. The van der Waals surface area contributed by atoms with Crippen LogP contribution in [0.15, 0.2) is 29.4 Å². The number of thioether (sulfide) groups is 1. The van der Waals surface area contributed by atoms with E-state index in [4.69, 9.17) is 4.74 Å². The third kappa shape index (κ3) is 6.48. The van der Waals surface area contributed by atoms with Gasteiger partial charge in [0.15, 0.2) is 11.0 Å². The van der Waals surface area contributed by atoms with Crippen LogP contribution in [0.1, 0.15) is 43.5 Å². The molecule has 1 fully saturated rings. The number of rotatable bonds is 9. The molecule has 9 heteroatoms. The molecular weight excluding hydrogens is 402 g/mol. The molecule has 1 aliphatic rings. The molecule has 1 heterocycles. The third-order valence-electron chi connectivity index (χ3n) is 5.20. The molecule has 0 spiro atoms. The van der Waals surface area contributed by atoms with Crippen LogP contribution >= 0.6 is 11.8 Å². The maximum Gasteiger partial charge on any atom is 0.230 e. The largest absolute Gasteiger partial charge is 0.497 e. The predicted molar refractivity (Wildman–Crippen MR) is 115 cm³/mol. The number of methoxy groups -OCH3 is 1. The van der Waals surface area contributed by atoms with Gasteiger partial charge in [-0.25, -0.2) is 0 Å². The predicted octanol–water partition coefficient (Wildman–Crippen LogP) is 2.22. The quantitative estimate of drug-likeness (QED) is 0.591. The minimum Gasteiger partial charge on any atom is -0.497 e. The summed E-state index contributed by atoms with van der Waals surface area (Å²) in [7, 11) is 3.45. The molecule has 1 aliphatic carbocycles. The van der Waals surface area contributed by atoms with E-state index in [1.165, 1.54) is 31.0 Å². The molecule has 8 nitrogen and oxygen atoms in total. The van der Waals surface area contributed by atoms with Crippen LogP contribution in [0.4, 0.5) is 0 Å². The monoisotopic (exact) mass is 431 g/mol. The van der Waals surface area contributed by atoms with E-state index in [-0.39, 0.29) is 24.8 Å². The highest BCUT2D eigenvalue weighted by atomic mass is 32.2. The molecule has 2 N–H and O–H groups in total. The first-order valence-corrected chi connectivity index (χ1v) is 11.2. The SMILES string of the molecule is COc1ccc(CC(=O)NCc2nnc(SCC(=O)NC3CCCCC3)n2C)cc1. The molecule has 0 saturated heterocycles. The van der Waals surface area contributed by atoms with Crippen LogP contribution in [-0.2, 0) is 29.6 Å². The second-order valence-corrected chi connectivity index (χ2v) is 8.39. The van der Waals surface area contributed by atoms with Gasteiger partial charge in [-0.2, -0.15) is 0 Å². The summed E-state index contributed by atoms with van der Waals surface area (Å²) in [4.78, 5) is 24.4. The van der Waals surface area contributed by atoms with E-state index >= 15 is 0 Å². The van der Waals surface area contributed by atoms with Gasteiger partial charge in [-0.15, -0.1) is 10.2 Å². The lowest BCUT2D eigenvalue weighted by molar-refractivity contribution is -0.121. The zero-order valence-corrected chi connectivity index (χ0v) is 18.3. The number of carbonyl (C=O) groups is 2. The van der Waals surface area contributed by atoms with E-state index in [9.17, 15) is 9.59 Å². The van der Waals surface area contributed by atoms with Crippen molar-refractivity contribution in [3.63, 3.8) is 0 Å². The highest BCUT2D eigenvalue weighted by molar-refractivity contribution is 7.99. The summed E-state index contributed by atoms with van der Waals surface area (Å²) in [5, 5.41) is 14.9. The zero-order chi connectivity index (χ0) is 21.3. The van der Waals surface area contributed by atoms with Gasteiger partial charge in [-0.3, -0.25) is 9.59 Å². The number of aromatic nitrogens is 3. The van der Waals surface area contributed by atoms with Gasteiger partial charge in [0.1, 0.15) is 5.75 Å². The van der Waals surface area contributed by atoms with Gasteiger partial charge in [0.05, 0.1) is 25.8 Å². The lowest BCUT2D eigenvalue weighted by Gasteiger charge is -2.22. The van der Waals surface area contributed by atoms with E-state index in [0.717, 1.165) is 24.2 Å². The molecule has 0 bridgehead atoms. The number of nitrogens with zero attached hydrogens (tertiary/aromatic N) is 3. The first-order valence-electron chi connectivity index (χ1n) is 10.2. The fourth-order valence-corrected chi connectivity index (χ4v) is 4.18. The zero-order valence-electron chi connectivity index (χ0n) is 17.5. The van der Waals surface area contributed by atoms with Gasteiger partial charge < -0.3 is 19.9 Å². The summed E-state index contributed by atoms with van der Waals surface area (Å²) in [6, 6.07) is 7.71. The van der Waals surface area contributed by atoms with Crippen molar-refractivity contribution in [3.05, 3.63) is 35.7 Å². The molecule has 0 aliphatic heterocycles. The van der Waals surface area contributed by atoms with E-state index in [0.29, 0.717) is 22.8 Å². The Balaban J connectivity index is 1.42. The van der Waals surface area contributed by atoms with Gasteiger partial charge in [0.2, 0.25) is 11.8 Å². The van der Waals surface area contributed by atoms with Crippen LogP contribution in [0.5, 0.6) is 5.75 Å². The van der Waals surface area contributed by atoms with Crippen LogP contribution in [-0.4, -0.2) is 45.5 Å². The molecular formula is C21H29N5O3S. The van der Waals surface area contributed by atoms with Crippen molar-refractivity contribution in [1.82, 2.24) is 25.4 Å². The molecule has 3 rings (SSSR count). The summed E-state index contributed by atoms with van der Waals surface area (Å²) >= 11 is 1.36. The average Bonchev–Trinajstić information content (AvgIpc) is 3.11. The molecule has 1 saturated carbocycles. The van der Waals surface area contributed by atoms with Crippen LogP contribution in [0, 0.1) is 0 Å². The standard InChI is InChI=1S/C21H29N5O3S/c1-26-18(13-22-19(27)12-15-8-10-17(29-2)11-9-15)24-25-21(26)30-14-20(28)23-16-6-4-3-5-7-16/h8-11,16H,3-7,12-14H2,1-2H3,(H,22,27)(H,23,28). The molecule has 0 radical (unpaired) electrons. The lowest BCUT2D eigenvalue weighted by atomic mass is 9.95. The van der Waals surface area contributed by atoms with Gasteiger partial charge in [-0.05, 0) is 30.5 Å². The second kappa shape index (κ2) is 11.0. The lowest BCUT2D eigenvalue weighted by Crippen LogP contribution is -2.37. The topological polar surface area (TPSA) is 98.1 Å². The number of ether oxygens (including phenoxy) is 1. The van der Waals surface area contributed by atoms with Crippen molar-refractivity contribution in [2.75, 3.05) is 12.9 Å². The first kappa shape index (κ1) is 22.1. The van der Waals surface area contributed by atoms with E-state index in [1.54, 1.807) is 7.11 Å². The van der Waals surface area contributed by atoms with E-state index < -0.39 is 0 Å². The van der Waals surface area contributed by atoms with Crippen LogP contribution in [0.3, 0.4) is 0 Å². The number of nitrogens with one attached hydrogen (secondary N) is 2. The Morgan fingerprint density at radius 2 is 1.87 bits per heavy atom. The molecule has 2 amide bonds. The highest BCUT2D eigenvalue weighted by Gasteiger charge is 2.17. The maximum absolute atomic E-state index is 12.2. The molecule has 162 valence electrons. The Hall–Kier alpha value is -2.55. The Morgan fingerprint density at radius 3 is 2.57 bits per heavy atom. The molecule has 30 heavy (non-hydrogen) atoms. The molecule has 1 aromatic heterocycles. The van der Waals surface area contributed by atoms with Crippen molar-refractivity contribution in [2.45, 2.75) is 56.3 Å². The van der Waals surface area contributed by atoms with Gasteiger partial charge in [-0.1, -0.05) is 43.2 Å². The number of hydrogen-bond acceptors (Lipinski definition) is 6. The van der Waals surface area contributed by atoms with Crippen LogP contribution in [0.2, 0.25) is 0 Å². The number of hydrogen-bond donors (Lipinski definition) is 2. The summed E-state index contributed by atoms with van der Waals surface area (Å²) in [6.07, 6.45) is 6.07. The van der Waals surface area contributed by atoms with Crippen LogP contribution in [0.25, 0.3) is 0 Å². The summed E-state index contributed by atoms with van der Waals surface area (Å²) in [6.45, 7) is 0.285. The number of benzene rings is 1. The normalized spacial score (nSPS) is 14.3. The van der Waals surface area contributed by atoms with Crippen molar-refractivity contribution < 1.29 is 14.3 Å². The molecule has 0 atom stereocenters. The second-order valence-electron chi connectivity index (χ2n) is 7.45. The highest BCUT2D eigenvalue weighted by Crippen LogP contribution is 2.19. The van der Waals surface area contributed by atoms with Gasteiger partial charge >= 0.3 is 0 Å².